The molecule has 0 bridgehead atoms. The van der Waals surface area contributed by atoms with Gasteiger partial charge in [-0.1, -0.05) is 18.2 Å². The normalized spacial score (nSPS) is 16.7. The molecule has 0 amide bonds. The zero-order valence-electron chi connectivity index (χ0n) is 20.5. The Hall–Kier alpha value is -3.17. The Bertz CT molecular complexity index is 1490. The lowest BCUT2D eigenvalue weighted by molar-refractivity contribution is -0.183. The van der Waals surface area contributed by atoms with Crippen LogP contribution in [0.4, 0.5) is 13.2 Å². The molecule has 1 aliphatic rings. The number of aromatic nitrogens is 4. The fourth-order valence-corrected chi connectivity index (χ4v) is 4.63. The summed E-state index contributed by atoms with van der Waals surface area (Å²) in [5.41, 5.74) is 7.55. The number of hydrogen-bond acceptors (Lipinski definition) is 7. The van der Waals surface area contributed by atoms with E-state index in [-0.39, 0.29) is 61.4 Å². The summed E-state index contributed by atoms with van der Waals surface area (Å²) in [6.45, 7) is 4.14. The molecular formula is C25H26Cl2F3N7O. The number of halogens is 5. The van der Waals surface area contributed by atoms with Crippen molar-refractivity contribution in [3.63, 3.8) is 0 Å². The molecule has 0 radical (unpaired) electrons. The molecule has 13 heteroatoms. The van der Waals surface area contributed by atoms with Crippen molar-refractivity contribution >= 4 is 41.4 Å². The molecule has 202 valence electrons. The summed E-state index contributed by atoms with van der Waals surface area (Å²) in [7, 11) is 0. The van der Waals surface area contributed by atoms with Crippen LogP contribution in [-0.2, 0) is 0 Å². The van der Waals surface area contributed by atoms with Crippen LogP contribution in [0, 0.1) is 11.3 Å². The maximum absolute atomic E-state index is 14.2. The summed E-state index contributed by atoms with van der Waals surface area (Å²) in [5, 5.41) is 18.6. The van der Waals surface area contributed by atoms with E-state index in [4.69, 9.17) is 15.5 Å². The van der Waals surface area contributed by atoms with Crippen molar-refractivity contribution in [1.82, 2.24) is 24.5 Å². The fraction of sp³-hybridized carbons (Fsp3) is 0.360. The number of pyridine rings is 2. The summed E-state index contributed by atoms with van der Waals surface area (Å²) < 4.78 is 49.9. The lowest BCUT2D eigenvalue weighted by Crippen LogP contribution is -2.38. The lowest BCUT2D eigenvalue weighted by atomic mass is 10.1. The van der Waals surface area contributed by atoms with E-state index >= 15 is 0 Å². The molecule has 4 aromatic rings. The van der Waals surface area contributed by atoms with Gasteiger partial charge < -0.3 is 10.5 Å². The number of rotatable bonds is 5. The highest BCUT2D eigenvalue weighted by Crippen LogP contribution is 2.39. The predicted octanol–water partition coefficient (Wildman–Crippen LogP) is 5.08. The van der Waals surface area contributed by atoms with Gasteiger partial charge in [-0.2, -0.15) is 18.4 Å². The maximum Gasteiger partial charge on any atom is 0.408 e. The average molecular weight is 568 g/mol. The van der Waals surface area contributed by atoms with E-state index in [9.17, 15) is 18.4 Å². The Morgan fingerprint density at radius 2 is 1.84 bits per heavy atom. The van der Waals surface area contributed by atoms with Gasteiger partial charge in [-0.05, 0) is 44.0 Å². The summed E-state index contributed by atoms with van der Waals surface area (Å²) in [6.07, 6.45) is -2.75. The first-order valence-corrected chi connectivity index (χ1v) is 11.6. The monoisotopic (exact) mass is 567 g/mol. The Kier molecular flexibility index (Phi) is 8.73. The van der Waals surface area contributed by atoms with E-state index in [1.807, 2.05) is 13.8 Å². The zero-order valence-corrected chi connectivity index (χ0v) is 22.1. The Balaban J connectivity index is 0.00000200. The van der Waals surface area contributed by atoms with E-state index in [2.05, 4.69) is 16.3 Å². The second-order valence-electron chi connectivity index (χ2n) is 9.19. The second-order valence-corrected chi connectivity index (χ2v) is 9.19. The van der Waals surface area contributed by atoms with Gasteiger partial charge in [0, 0.05) is 30.7 Å². The minimum Gasteiger partial charge on any atom is -0.487 e. The quantitative estimate of drug-likeness (QED) is 0.358. The largest absolute Gasteiger partial charge is 0.487 e. The molecule has 3 aromatic heterocycles. The Morgan fingerprint density at radius 3 is 2.47 bits per heavy atom. The summed E-state index contributed by atoms with van der Waals surface area (Å²) in [4.78, 5) is 6.06. The highest BCUT2D eigenvalue weighted by molar-refractivity contribution is 5.88. The Labute approximate surface area is 229 Å². The van der Waals surface area contributed by atoms with Gasteiger partial charge in [-0.25, -0.2) is 4.98 Å². The van der Waals surface area contributed by atoms with Crippen LogP contribution in [0.3, 0.4) is 0 Å². The van der Waals surface area contributed by atoms with Crippen molar-refractivity contribution in [2.45, 2.75) is 44.6 Å². The molecule has 1 saturated heterocycles. The van der Waals surface area contributed by atoms with Gasteiger partial charge >= 0.3 is 6.18 Å². The molecule has 0 saturated carbocycles. The molecule has 8 nitrogen and oxygen atoms in total. The van der Waals surface area contributed by atoms with E-state index < -0.39 is 12.2 Å². The molecule has 0 spiro atoms. The number of hydrogen-bond donors (Lipinski definition) is 1. The predicted molar refractivity (Wildman–Crippen MR) is 142 cm³/mol. The van der Waals surface area contributed by atoms with Gasteiger partial charge in [0.2, 0.25) is 0 Å². The van der Waals surface area contributed by atoms with Gasteiger partial charge in [0.25, 0.3) is 0 Å². The molecule has 1 aromatic carbocycles. The molecule has 1 aliphatic heterocycles. The lowest BCUT2D eigenvalue weighted by Gasteiger charge is -2.30. The Morgan fingerprint density at radius 1 is 1.11 bits per heavy atom. The van der Waals surface area contributed by atoms with Crippen molar-refractivity contribution in [2.24, 2.45) is 5.73 Å². The first-order valence-electron chi connectivity index (χ1n) is 11.6. The smallest absolute Gasteiger partial charge is 0.408 e. The third-order valence-corrected chi connectivity index (χ3v) is 6.19. The van der Waals surface area contributed by atoms with E-state index in [0.29, 0.717) is 34.6 Å². The van der Waals surface area contributed by atoms with Gasteiger partial charge in [0.05, 0.1) is 11.7 Å². The van der Waals surface area contributed by atoms with Crippen LogP contribution < -0.4 is 10.5 Å². The number of nitrogens with zero attached hydrogens (tertiary/aromatic N) is 6. The number of nitriles is 1. The highest BCUT2D eigenvalue weighted by atomic mass is 35.5. The summed E-state index contributed by atoms with van der Waals surface area (Å²) in [5.74, 6) is 0.634. The van der Waals surface area contributed by atoms with Crippen molar-refractivity contribution in [2.75, 3.05) is 13.1 Å². The molecule has 1 fully saturated rings. The number of benzene rings is 1. The average Bonchev–Trinajstić information content (AvgIpc) is 3.44. The van der Waals surface area contributed by atoms with E-state index in [0.717, 1.165) is 5.39 Å². The fourth-order valence-electron chi connectivity index (χ4n) is 4.63. The molecule has 1 unspecified atom stereocenters. The first kappa shape index (κ1) is 29.4. The molecule has 5 rings (SSSR count). The number of nitrogens with two attached hydrogens (primary N) is 1. The van der Waals surface area contributed by atoms with E-state index in [1.54, 1.807) is 24.3 Å². The van der Waals surface area contributed by atoms with Crippen LogP contribution in [0.25, 0.3) is 28.1 Å². The zero-order chi connectivity index (χ0) is 25.6. The van der Waals surface area contributed by atoms with Gasteiger partial charge in [-0.3, -0.25) is 9.30 Å². The third-order valence-electron chi connectivity index (χ3n) is 6.19. The molecule has 38 heavy (non-hydrogen) atoms. The van der Waals surface area contributed by atoms with Crippen LogP contribution in [0.2, 0.25) is 0 Å². The number of alkyl halides is 3. The van der Waals surface area contributed by atoms with Gasteiger partial charge in [-0.15, -0.1) is 35.0 Å². The number of likely N-dealkylation sites (tertiary alicyclic amines) is 1. The summed E-state index contributed by atoms with van der Waals surface area (Å²) >= 11 is 0. The maximum atomic E-state index is 14.2. The van der Waals surface area contributed by atoms with Crippen LogP contribution in [0.5, 0.6) is 5.75 Å². The SMILES string of the molecule is CC(C)Oc1c(C#N)ccc2ccc(-c3nnc4ccc([C@@H](N5CCC(N)C5)C(F)(F)F)cn34)nc12.Cl.Cl. The first-order chi connectivity index (χ1) is 17.2. The minimum absolute atomic E-state index is 0. The molecule has 4 heterocycles. The van der Waals surface area contributed by atoms with Gasteiger partial charge in [0.15, 0.2) is 17.2 Å². The van der Waals surface area contributed by atoms with Crippen LogP contribution in [-0.4, -0.2) is 55.9 Å². The van der Waals surface area contributed by atoms with Crippen molar-refractivity contribution in [3.8, 4) is 23.3 Å². The van der Waals surface area contributed by atoms with Crippen molar-refractivity contribution < 1.29 is 17.9 Å². The van der Waals surface area contributed by atoms with Crippen LogP contribution in [0.15, 0.2) is 42.6 Å². The number of fused-ring (bicyclic) bond motifs is 2. The minimum atomic E-state index is -4.48. The molecular weight excluding hydrogens is 542 g/mol. The van der Waals surface area contributed by atoms with E-state index in [1.165, 1.54) is 27.6 Å². The van der Waals surface area contributed by atoms with Crippen molar-refractivity contribution in [1.29, 1.82) is 5.26 Å². The topological polar surface area (TPSA) is 105 Å². The van der Waals surface area contributed by atoms with Crippen molar-refractivity contribution in [3.05, 3.63) is 53.7 Å². The molecule has 2 N–H and O–H groups in total. The third kappa shape index (κ3) is 5.49. The van der Waals surface area contributed by atoms with Crippen LogP contribution >= 0.6 is 24.8 Å². The standard InChI is InChI=1S/C25H24F3N7O.2ClH/c1-14(2)36-22-16(11-29)4-3-15-5-7-19(31-21(15)22)24-33-32-20-8-6-17(12-35(20)24)23(25(26,27)28)34-10-9-18(30)13-34;;/h3-8,12,14,18,23H,9-10,13,30H2,1-2H3;2*1H/t18?,23-;;/m1../s1. The molecule has 0 aliphatic carbocycles. The summed E-state index contributed by atoms with van der Waals surface area (Å²) in [6, 6.07) is 9.95. The van der Waals surface area contributed by atoms with Gasteiger partial charge in [0.1, 0.15) is 23.3 Å². The molecule has 2 atom stereocenters. The number of ether oxygens (including phenoxy) is 1. The van der Waals surface area contributed by atoms with Crippen LogP contribution in [0.1, 0.15) is 37.4 Å². The second kappa shape index (κ2) is 11.3. The highest BCUT2D eigenvalue weighted by Gasteiger charge is 2.46.